The van der Waals surface area contributed by atoms with Gasteiger partial charge in [-0.25, -0.2) is 0 Å². The monoisotopic (exact) mass is 387 g/mol. The molecule has 2 fully saturated rings. The Bertz CT molecular complexity index is 867. The van der Waals surface area contributed by atoms with E-state index in [2.05, 4.69) is 29.6 Å². The fraction of sp³-hybridized carbons (Fsp3) is 0.429. The van der Waals surface area contributed by atoms with Gasteiger partial charge in [0.05, 0.1) is 5.56 Å². The van der Waals surface area contributed by atoms with Crippen molar-refractivity contribution in [1.29, 1.82) is 0 Å². The molecule has 2 aliphatic rings. The molecule has 0 spiro atoms. The Hall–Kier alpha value is -2.11. The molecule has 1 aromatic heterocycles. The van der Waals surface area contributed by atoms with Crippen molar-refractivity contribution >= 4 is 18.3 Å². The number of carbonyl (C=O) groups is 1. The van der Waals surface area contributed by atoms with Crippen molar-refractivity contribution < 1.29 is 4.79 Å². The molecule has 0 radical (unpaired) electrons. The quantitative estimate of drug-likeness (QED) is 0.874. The molecule has 1 N–H and O–H groups in total. The van der Waals surface area contributed by atoms with Crippen LogP contribution in [-0.4, -0.2) is 41.6 Å². The zero-order valence-electron chi connectivity index (χ0n) is 15.6. The van der Waals surface area contributed by atoms with Crippen molar-refractivity contribution in [1.82, 2.24) is 14.8 Å². The molecule has 0 saturated carbocycles. The highest BCUT2D eigenvalue weighted by atomic mass is 35.5. The minimum Gasteiger partial charge on any atom is -0.338 e. The highest BCUT2D eigenvalue weighted by molar-refractivity contribution is 5.94. The predicted molar refractivity (Wildman–Crippen MR) is 108 cm³/mol. The van der Waals surface area contributed by atoms with Crippen molar-refractivity contribution in [3.63, 3.8) is 0 Å². The van der Waals surface area contributed by atoms with Gasteiger partial charge in [0.1, 0.15) is 0 Å². The van der Waals surface area contributed by atoms with E-state index in [-0.39, 0.29) is 29.3 Å². The van der Waals surface area contributed by atoms with E-state index in [1.807, 2.05) is 11.0 Å². The van der Waals surface area contributed by atoms with Gasteiger partial charge in [-0.1, -0.05) is 30.3 Å². The van der Waals surface area contributed by atoms with Gasteiger partial charge in [-0.15, -0.1) is 12.4 Å². The lowest BCUT2D eigenvalue weighted by atomic mass is 9.76. The van der Waals surface area contributed by atoms with Crippen LogP contribution in [0.3, 0.4) is 0 Å². The summed E-state index contributed by atoms with van der Waals surface area (Å²) in [5.74, 6) is 0.539. The van der Waals surface area contributed by atoms with Crippen molar-refractivity contribution in [2.24, 2.45) is 18.4 Å². The van der Waals surface area contributed by atoms with E-state index >= 15 is 0 Å². The van der Waals surface area contributed by atoms with E-state index in [4.69, 9.17) is 0 Å². The lowest BCUT2D eigenvalue weighted by molar-refractivity contribution is 0.0768. The van der Waals surface area contributed by atoms with Crippen LogP contribution < -0.4 is 10.9 Å². The van der Waals surface area contributed by atoms with E-state index in [1.54, 1.807) is 19.3 Å². The minimum atomic E-state index is -0.0941. The number of nitrogens with one attached hydrogen (secondary N) is 1. The van der Waals surface area contributed by atoms with E-state index in [0.29, 0.717) is 11.5 Å². The molecule has 4 rings (SSSR count). The average Bonchev–Trinajstić information content (AvgIpc) is 3.20. The topological polar surface area (TPSA) is 54.3 Å². The second-order valence-electron chi connectivity index (χ2n) is 7.73. The summed E-state index contributed by atoms with van der Waals surface area (Å²) in [5, 5.41) is 3.53. The van der Waals surface area contributed by atoms with Gasteiger partial charge in [-0.05, 0) is 30.4 Å². The summed E-state index contributed by atoms with van der Waals surface area (Å²) < 4.78 is 1.47. The highest BCUT2D eigenvalue weighted by Gasteiger charge is 2.50. The molecular weight excluding hydrogens is 362 g/mol. The standard InChI is InChI=1S/C21H25N3O2.ClH/c1-23-12-17(7-8-19(23)25)20(26)24-13-18-11-22-14-21(18,15-24)10-9-16-5-3-2-4-6-16;/h2-8,12,18,22H,9-11,13-15H2,1H3;1H. The van der Waals surface area contributed by atoms with Crippen LogP contribution in [0.25, 0.3) is 0 Å². The summed E-state index contributed by atoms with van der Waals surface area (Å²) in [6.07, 6.45) is 3.78. The van der Waals surface area contributed by atoms with Gasteiger partial charge in [-0.2, -0.15) is 0 Å². The van der Waals surface area contributed by atoms with E-state index < -0.39 is 0 Å². The largest absolute Gasteiger partial charge is 0.338 e. The first-order valence-electron chi connectivity index (χ1n) is 9.28. The molecule has 3 heterocycles. The summed E-state index contributed by atoms with van der Waals surface area (Å²) in [4.78, 5) is 26.5. The number of benzene rings is 1. The molecule has 144 valence electrons. The summed E-state index contributed by atoms with van der Waals surface area (Å²) in [6, 6.07) is 13.7. The number of fused-ring (bicyclic) bond motifs is 1. The number of pyridine rings is 1. The van der Waals surface area contributed by atoms with Crippen molar-refractivity contribution in [3.05, 3.63) is 70.1 Å². The Morgan fingerprint density at radius 1 is 1.22 bits per heavy atom. The maximum absolute atomic E-state index is 12.9. The van der Waals surface area contributed by atoms with Gasteiger partial charge >= 0.3 is 0 Å². The van der Waals surface area contributed by atoms with Crippen LogP contribution in [0.15, 0.2) is 53.5 Å². The molecule has 2 aromatic rings. The Morgan fingerprint density at radius 3 is 2.74 bits per heavy atom. The number of aromatic nitrogens is 1. The number of likely N-dealkylation sites (tertiary alicyclic amines) is 1. The van der Waals surface area contributed by atoms with Crippen LogP contribution in [0.4, 0.5) is 0 Å². The van der Waals surface area contributed by atoms with Gasteiger partial charge in [-0.3, -0.25) is 9.59 Å². The summed E-state index contributed by atoms with van der Waals surface area (Å²) >= 11 is 0. The fourth-order valence-electron chi connectivity index (χ4n) is 4.48. The molecule has 5 nitrogen and oxygen atoms in total. The Labute approximate surface area is 165 Å². The summed E-state index contributed by atoms with van der Waals surface area (Å²) in [6.45, 7) is 3.54. The third-order valence-corrected chi connectivity index (χ3v) is 6.05. The molecule has 27 heavy (non-hydrogen) atoms. The number of rotatable bonds is 4. The number of hydrogen-bond acceptors (Lipinski definition) is 3. The lowest BCUT2D eigenvalue weighted by Gasteiger charge is -2.28. The third kappa shape index (κ3) is 3.80. The molecule has 0 bridgehead atoms. The second-order valence-corrected chi connectivity index (χ2v) is 7.73. The van der Waals surface area contributed by atoms with E-state index in [9.17, 15) is 9.59 Å². The van der Waals surface area contributed by atoms with E-state index in [1.165, 1.54) is 16.2 Å². The summed E-state index contributed by atoms with van der Waals surface area (Å²) in [5.41, 5.74) is 2.02. The number of hydrogen-bond donors (Lipinski definition) is 1. The molecule has 6 heteroatoms. The van der Waals surface area contributed by atoms with Gasteiger partial charge in [0.15, 0.2) is 0 Å². The Morgan fingerprint density at radius 2 is 2.00 bits per heavy atom. The molecule has 2 unspecified atom stereocenters. The third-order valence-electron chi connectivity index (χ3n) is 6.05. The van der Waals surface area contributed by atoms with Crippen LogP contribution in [-0.2, 0) is 13.5 Å². The van der Waals surface area contributed by atoms with Gasteiger partial charge < -0.3 is 14.8 Å². The van der Waals surface area contributed by atoms with Crippen LogP contribution in [0, 0.1) is 11.3 Å². The zero-order valence-corrected chi connectivity index (χ0v) is 16.4. The molecular formula is C21H26ClN3O2. The first-order chi connectivity index (χ1) is 12.6. The van der Waals surface area contributed by atoms with E-state index in [0.717, 1.165) is 39.0 Å². The van der Waals surface area contributed by atoms with Crippen LogP contribution >= 0.6 is 12.4 Å². The predicted octanol–water partition coefficient (Wildman–Crippen LogP) is 2.10. The normalized spacial score (nSPS) is 23.7. The molecule has 1 amide bonds. The molecule has 0 aliphatic carbocycles. The lowest BCUT2D eigenvalue weighted by Crippen LogP contribution is -2.36. The van der Waals surface area contributed by atoms with Crippen LogP contribution in [0.5, 0.6) is 0 Å². The van der Waals surface area contributed by atoms with Gasteiger partial charge in [0.25, 0.3) is 5.91 Å². The average molecular weight is 388 g/mol. The van der Waals surface area contributed by atoms with Crippen LogP contribution in [0.1, 0.15) is 22.3 Å². The zero-order chi connectivity index (χ0) is 18.1. The SMILES string of the molecule is Cl.Cn1cc(C(=O)N2CC3CNCC3(CCc3ccccc3)C2)ccc1=O. The Balaban J connectivity index is 0.00000210. The van der Waals surface area contributed by atoms with Gasteiger partial charge in [0, 0.05) is 50.9 Å². The van der Waals surface area contributed by atoms with Crippen molar-refractivity contribution in [2.75, 3.05) is 26.2 Å². The fourth-order valence-corrected chi connectivity index (χ4v) is 4.48. The Kier molecular flexibility index (Phi) is 5.72. The molecule has 2 aliphatic heterocycles. The van der Waals surface area contributed by atoms with Crippen molar-refractivity contribution in [3.8, 4) is 0 Å². The van der Waals surface area contributed by atoms with Crippen molar-refractivity contribution in [2.45, 2.75) is 12.8 Å². The molecule has 1 aromatic carbocycles. The molecule has 2 atom stereocenters. The first-order valence-corrected chi connectivity index (χ1v) is 9.28. The number of aryl methyl sites for hydroxylation is 2. The molecule has 2 saturated heterocycles. The second kappa shape index (κ2) is 7.87. The maximum atomic E-state index is 12.9. The number of halogens is 1. The van der Waals surface area contributed by atoms with Gasteiger partial charge in [0.2, 0.25) is 5.56 Å². The van der Waals surface area contributed by atoms with Crippen LogP contribution in [0.2, 0.25) is 0 Å². The summed E-state index contributed by atoms with van der Waals surface area (Å²) in [7, 11) is 1.68. The number of carbonyl (C=O) groups excluding carboxylic acids is 1. The minimum absolute atomic E-state index is 0. The highest BCUT2D eigenvalue weighted by Crippen LogP contribution is 2.43. The first kappa shape index (κ1) is 19.6. The maximum Gasteiger partial charge on any atom is 0.255 e. The number of amides is 1. The number of nitrogens with zero attached hydrogens (tertiary/aromatic N) is 2. The smallest absolute Gasteiger partial charge is 0.255 e.